The Morgan fingerprint density at radius 3 is 2.79 bits per heavy atom. The molecule has 1 aromatic rings. The van der Waals surface area contributed by atoms with E-state index in [1.54, 1.807) is 0 Å². The van der Waals surface area contributed by atoms with Crippen molar-refractivity contribution in [1.29, 1.82) is 0 Å². The molecule has 104 valence electrons. The number of nitrogens with zero attached hydrogens (tertiary/aromatic N) is 1. The van der Waals surface area contributed by atoms with Crippen LogP contribution in [0, 0.1) is 0 Å². The Hall–Kier alpha value is -1.26. The van der Waals surface area contributed by atoms with E-state index in [9.17, 15) is 0 Å². The van der Waals surface area contributed by atoms with Gasteiger partial charge in [-0.2, -0.15) is 0 Å². The minimum absolute atomic E-state index is 0.293. The molecule has 2 N–H and O–H groups in total. The van der Waals surface area contributed by atoms with Gasteiger partial charge >= 0.3 is 0 Å². The molecule has 4 heteroatoms. The average molecular weight is 262 g/mol. The van der Waals surface area contributed by atoms with E-state index in [-0.39, 0.29) is 0 Å². The predicted molar refractivity (Wildman–Crippen MR) is 74.4 cm³/mol. The van der Waals surface area contributed by atoms with E-state index < -0.39 is 0 Å². The van der Waals surface area contributed by atoms with Gasteiger partial charge in [-0.1, -0.05) is 13.0 Å². The zero-order chi connectivity index (χ0) is 13.2. The Bertz CT molecular complexity index is 446. The Labute approximate surface area is 114 Å². The van der Waals surface area contributed by atoms with E-state index in [4.69, 9.17) is 15.2 Å². The minimum Gasteiger partial charge on any atom is -0.454 e. The lowest BCUT2D eigenvalue weighted by Gasteiger charge is -2.31. The highest BCUT2D eigenvalue weighted by atomic mass is 16.7. The van der Waals surface area contributed by atoms with Gasteiger partial charge < -0.3 is 15.2 Å². The molecule has 19 heavy (non-hydrogen) atoms. The molecule has 1 heterocycles. The minimum atomic E-state index is 0.293. The van der Waals surface area contributed by atoms with Gasteiger partial charge in [0, 0.05) is 18.6 Å². The van der Waals surface area contributed by atoms with Gasteiger partial charge in [-0.25, -0.2) is 0 Å². The van der Waals surface area contributed by atoms with Crippen molar-refractivity contribution in [2.24, 2.45) is 5.73 Å². The highest BCUT2D eigenvalue weighted by molar-refractivity contribution is 5.45. The maximum Gasteiger partial charge on any atom is 0.231 e. The quantitative estimate of drug-likeness (QED) is 0.854. The molecule has 1 aromatic carbocycles. The Morgan fingerprint density at radius 2 is 2.11 bits per heavy atom. The molecule has 3 rings (SSSR count). The van der Waals surface area contributed by atoms with Gasteiger partial charge in [0.05, 0.1) is 0 Å². The van der Waals surface area contributed by atoms with E-state index in [0.29, 0.717) is 19.4 Å². The molecule has 4 nitrogen and oxygen atoms in total. The molecule has 0 amide bonds. The summed E-state index contributed by atoms with van der Waals surface area (Å²) < 4.78 is 10.8. The van der Waals surface area contributed by atoms with Crippen LogP contribution < -0.4 is 15.2 Å². The fourth-order valence-electron chi connectivity index (χ4n) is 2.84. The van der Waals surface area contributed by atoms with Gasteiger partial charge in [0.1, 0.15) is 0 Å². The van der Waals surface area contributed by atoms with Gasteiger partial charge in [0.2, 0.25) is 6.79 Å². The second-order valence-electron chi connectivity index (χ2n) is 5.33. The standard InChI is InChI=1S/C15H22N2O2/c1-2-7-17(12-4-5-12)13(9-16)11-3-6-14-15(8-11)19-10-18-14/h3,6,8,12-13H,2,4-5,7,9-10,16H2,1H3. The van der Waals surface area contributed by atoms with Crippen LogP contribution in [0.3, 0.4) is 0 Å². The van der Waals surface area contributed by atoms with Crippen LogP contribution in [-0.4, -0.2) is 30.8 Å². The Morgan fingerprint density at radius 1 is 1.32 bits per heavy atom. The van der Waals surface area contributed by atoms with Crippen LogP contribution in [0.1, 0.15) is 37.8 Å². The van der Waals surface area contributed by atoms with Crippen LogP contribution in [0.2, 0.25) is 0 Å². The first-order valence-corrected chi connectivity index (χ1v) is 7.19. The zero-order valence-corrected chi connectivity index (χ0v) is 11.5. The lowest BCUT2D eigenvalue weighted by Crippen LogP contribution is -2.36. The highest BCUT2D eigenvalue weighted by Gasteiger charge is 2.33. The van der Waals surface area contributed by atoms with E-state index in [0.717, 1.165) is 30.5 Å². The highest BCUT2D eigenvalue weighted by Crippen LogP contribution is 2.38. The van der Waals surface area contributed by atoms with Crippen molar-refractivity contribution >= 4 is 0 Å². The summed E-state index contributed by atoms with van der Waals surface area (Å²) in [5, 5.41) is 0. The van der Waals surface area contributed by atoms with Crippen LogP contribution in [-0.2, 0) is 0 Å². The summed E-state index contributed by atoms with van der Waals surface area (Å²) in [6, 6.07) is 7.22. The first-order valence-electron chi connectivity index (χ1n) is 7.19. The molecular weight excluding hydrogens is 240 g/mol. The Balaban J connectivity index is 1.84. The van der Waals surface area contributed by atoms with Crippen molar-refractivity contribution in [2.75, 3.05) is 19.9 Å². The molecule has 0 spiro atoms. The van der Waals surface area contributed by atoms with Crippen molar-refractivity contribution in [2.45, 2.75) is 38.3 Å². The monoisotopic (exact) mass is 262 g/mol. The first-order chi connectivity index (χ1) is 9.33. The lowest BCUT2D eigenvalue weighted by atomic mass is 10.0. The topological polar surface area (TPSA) is 47.7 Å². The molecule has 1 unspecified atom stereocenters. The maximum absolute atomic E-state index is 6.03. The van der Waals surface area contributed by atoms with Gasteiger partial charge in [-0.15, -0.1) is 0 Å². The number of nitrogens with two attached hydrogens (primary N) is 1. The van der Waals surface area contributed by atoms with Gasteiger partial charge in [-0.3, -0.25) is 4.90 Å². The molecule has 1 aliphatic heterocycles. The number of benzene rings is 1. The predicted octanol–water partition coefficient (Wildman–Crippen LogP) is 2.29. The third-order valence-electron chi connectivity index (χ3n) is 3.90. The summed E-state index contributed by atoms with van der Waals surface area (Å²) in [4.78, 5) is 2.55. The molecule has 0 bridgehead atoms. The smallest absolute Gasteiger partial charge is 0.231 e. The molecule has 1 fully saturated rings. The van der Waals surface area contributed by atoms with Crippen molar-refractivity contribution in [3.05, 3.63) is 23.8 Å². The lowest BCUT2D eigenvalue weighted by molar-refractivity contribution is 0.173. The van der Waals surface area contributed by atoms with Crippen molar-refractivity contribution < 1.29 is 9.47 Å². The van der Waals surface area contributed by atoms with Crippen LogP contribution in [0.15, 0.2) is 18.2 Å². The number of hydrogen-bond acceptors (Lipinski definition) is 4. The number of ether oxygens (including phenoxy) is 2. The summed E-state index contributed by atoms with van der Waals surface area (Å²) in [6.45, 7) is 4.31. The number of hydrogen-bond donors (Lipinski definition) is 1. The molecule has 1 atom stereocenters. The van der Waals surface area contributed by atoms with Crippen molar-refractivity contribution in [1.82, 2.24) is 4.90 Å². The number of rotatable bonds is 6. The van der Waals surface area contributed by atoms with Crippen LogP contribution >= 0.6 is 0 Å². The maximum atomic E-state index is 6.03. The second kappa shape index (κ2) is 5.39. The molecule has 0 aromatic heterocycles. The summed E-state index contributed by atoms with van der Waals surface area (Å²) in [7, 11) is 0. The van der Waals surface area contributed by atoms with Gasteiger partial charge in [0.15, 0.2) is 11.5 Å². The van der Waals surface area contributed by atoms with E-state index in [1.165, 1.54) is 18.4 Å². The molecule has 1 saturated carbocycles. The van der Waals surface area contributed by atoms with E-state index in [1.807, 2.05) is 6.07 Å². The molecule has 0 saturated heterocycles. The van der Waals surface area contributed by atoms with Crippen molar-refractivity contribution in [3.63, 3.8) is 0 Å². The van der Waals surface area contributed by atoms with Crippen LogP contribution in [0.5, 0.6) is 11.5 Å². The van der Waals surface area contributed by atoms with Crippen LogP contribution in [0.4, 0.5) is 0 Å². The fraction of sp³-hybridized carbons (Fsp3) is 0.600. The van der Waals surface area contributed by atoms with Crippen molar-refractivity contribution in [3.8, 4) is 11.5 Å². The molecule has 1 aliphatic carbocycles. The van der Waals surface area contributed by atoms with Gasteiger partial charge in [-0.05, 0) is 43.5 Å². The normalized spacial score (nSPS) is 18.9. The summed E-state index contributed by atoms with van der Waals surface area (Å²) in [6.07, 6.45) is 3.78. The zero-order valence-electron chi connectivity index (χ0n) is 11.5. The molecular formula is C15H22N2O2. The Kier molecular flexibility index (Phi) is 3.62. The summed E-state index contributed by atoms with van der Waals surface area (Å²) >= 11 is 0. The van der Waals surface area contributed by atoms with E-state index >= 15 is 0 Å². The summed E-state index contributed by atoms with van der Waals surface area (Å²) in [5.74, 6) is 1.69. The molecule has 2 aliphatic rings. The fourth-order valence-corrected chi connectivity index (χ4v) is 2.84. The average Bonchev–Trinajstić information content (AvgIpc) is 3.16. The van der Waals surface area contributed by atoms with E-state index in [2.05, 4.69) is 24.0 Å². The largest absolute Gasteiger partial charge is 0.454 e. The third kappa shape index (κ3) is 2.55. The molecule has 0 radical (unpaired) electrons. The van der Waals surface area contributed by atoms with Crippen LogP contribution in [0.25, 0.3) is 0 Å². The summed E-state index contributed by atoms with van der Waals surface area (Å²) in [5.41, 5.74) is 7.28. The SMILES string of the molecule is CCCN(C1CC1)C(CN)c1ccc2c(c1)OCO2. The second-order valence-corrected chi connectivity index (χ2v) is 5.33. The number of fused-ring (bicyclic) bond motifs is 1. The third-order valence-corrected chi connectivity index (χ3v) is 3.90. The van der Waals surface area contributed by atoms with Gasteiger partial charge in [0.25, 0.3) is 0 Å². The first kappa shape index (κ1) is 12.8.